The molecule has 2 aromatic rings. The lowest BCUT2D eigenvalue weighted by atomic mass is 10.1. The molecule has 1 unspecified atom stereocenters. The summed E-state index contributed by atoms with van der Waals surface area (Å²) in [6.45, 7) is -0.0986. The van der Waals surface area contributed by atoms with Crippen LogP contribution in [0.3, 0.4) is 0 Å². The average Bonchev–Trinajstić information content (AvgIpc) is 3.05. The molecule has 4 atom stereocenters. The summed E-state index contributed by atoms with van der Waals surface area (Å²) in [5, 5.41) is -0.547. The van der Waals surface area contributed by atoms with Crippen molar-refractivity contribution in [2.24, 2.45) is 0 Å². The van der Waals surface area contributed by atoms with Crippen LogP contribution in [0.15, 0.2) is 48.5 Å². The minimum atomic E-state index is -1.44. The molecule has 3 rings (SSSR count). The number of hydrogen-bond donors (Lipinski definition) is 0. The van der Waals surface area contributed by atoms with Crippen molar-refractivity contribution in [1.29, 1.82) is 0 Å². The number of alkyl halides is 2. The number of thioether (sulfide) groups is 1. The number of hydrogen-bond acceptors (Lipinski definition) is 7. The number of rotatable bonds is 7. The van der Waals surface area contributed by atoms with E-state index >= 15 is 0 Å². The van der Waals surface area contributed by atoms with Gasteiger partial charge in [0.25, 0.3) is 0 Å². The van der Waals surface area contributed by atoms with E-state index in [1.165, 1.54) is 26.0 Å². The maximum absolute atomic E-state index is 14.6. The molecule has 1 aliphatic heterocycles. The van der Waals surface area contributed by atoms with E-state index in [0.29, 0.717) is 17.1 Å². The van der Waals surface area contributed by atoms with Crippen LogP contribution in [0.25, 0.3) is 0 Å². The van der Waals surface area contributed by atoms with Crippen LogP contribution in [0.4, 0.5) is 4.39 Å². The second-order valence-corrected chi connectivity index (χ2v) is 9.37. The van der Waals surface area contributed by atoms with Crippen molar-refractivity contribution in [3.05, 3.63) is 59.7 Å². The molecule has 0 saturated carbocycles. The second-order valence-electron chi connectivity index (χ2n) is 6.40. The minimum absolute atomic E-state index is 0.0986. The highest BCUT2D eigenvalue weighted by Gasteiger charge is 2.46. The first-order valence-corrected chi connectivity index (χ1v) is 10.9. The monoisotopic (exact) mass is 498 g/mol. The Kier molecular flexibility index (Phi) is 7.60. The molecule has 0 amide bonds. The first kappa shape index (κ1) is 22.4. The Bertz CT molecular complexity index is 876. The van der Waals surface area contributed by atoms with Gasteiger partial charge in [0.1, 0.15) is 18.1 Å². The van der Waals surface area contributed by atoms with Crippen molar-refractivity contribution in [2.75, 3.05) is 20.8 Å². The molecular weight excluding hydrogens is 479 g/mol. The zero-order valence-corrected chi connectivity index (χ0v) is 18.7. The van der Waals surface area contributed by atoms with E-state index < -0.39 is 33.6 Å². The third kappa shape index (κ3) is 5.26. The summed E-state index contributed by atoms with van der Waals surface area (Å²) in [6, 6.07) is 12.8. The fraction of sp³-hybridized carbons (Fsp3) is 0.333. The van der Waals surface area contributed by atoms with E-state index in [4.69, 9.17) is 18.9 Å². The number of carbonyl (C=O) groups is 2. The molecule has 1 aliphatic rings. The number of carbonyl (C=O) groups excluding carboxylic acids is 2. The van der Waals surface area contributed by atoms with Crippen molar-refractivity contribution in [2.45, 2.75) is 21.7 Å². The van der Waals surface area contributed by atoms with Gasteiger partial charge in [-0.05, 0) is 48.5 Å². The van der Waals surface area contributed by atoms with Crippen LogP contribution >= 0.6 is 27.7 Å². The van der Waals surface area contributed by atoms with Crippen LogP contribution in [0, 0.1) is 0 Å². The van der Waals surface area contributed by atoms with Gasteiger partial charge in [0.05, 0.1) is 34.8 Å². The molecule has 30 heavy (non-hydrogen) atoms. The van der Waals surface area contributed by atoms with E-state index in [2.05, 4.69) is 15.9 Å². The molecule has 0 bridgehead atoms. The fourth-order valence-corrected chi connectivity index (χ4v) is 5.11. The summed E-state index contributed by atoms with van der Waals surface area (Å²) < 4.78 is 34.9. The van der Waals surface area contributed by atoms with Crippen molar-refractivity contribution < 1.29 is 32.9 Å². The molecule has 0 radical (unpaired) electrons. The molecule has 0 aromatic heterocycles. The lowest BCUT2D eigenvalue weighted by Crippen LogP contribution is -2.36. The van der Waals surface area contributed by atoms with E-state index in [9.17, 15) is 14.0 Å². The topological polar surface area (TPSA) is 71.1 Å². The van der Waals surface area contributed by atoms with Crippen molar-refractivity contribution in [3.8, 4) is 11.5 Å². The van der Waals surface area contributed by atoms with Gasteiger partial charge in [-0.3, -0.25) is 0 Å². The van der Waals surface area contributed by atoms with Crippen LogP contribution in [0.2, 0.25) is 0 Å². The summed E-state index contributed by atoms with van der Waals surface area (Å²) >= 11 is 4.46. The molecule has 0 N–H and O–H groups in total. The fourth-order valence-electron chi connectivity index (χ4n) is 2.84. The van der Waals surface area contributed by atoms with E-state index in [0.717, 1.165) is 0 Å². The van der Waals surface area contributed by atoms with Crippen molar-refractivity contribution in [3.63, 3.8) is 0 Å². The van der Waals surface area contributed by atoms with E-state index in [1.54, 1.807) is 48.5 Å². The lowest BCUT2D eigenvalue weighted by molar-refractivity contribution is 0.00404. The zero-order chi connectivity index (χ0) is 21.7. The molecule has 2 aromatic carbocycles. The highest BCUT2D eigenvalue weighted by atomic mass is 79.9. The third-order valence-electron chi connectivity index (χ3n) is 4.51. The molecular formula is C21H20BrFO6S. The summed E-state index contributed by atoms with van der Waals surface area (Å²) in [5.41, 5.74) is 0.623. The molecule has 0 spiro atoms. The van der Waals surface area contributed by atoms with Gasteiger partial charge in [-0.1, -0.05) is 15.9 Å². The maximum atomic E-state index is 14.6. The molecule has 1 saturated heterocycles. The number of halogens is 2. The summed E-state index contributed by atoms with van der Waals surface area (Å²) in [7, 11) is 3.05. The molecule has 1 heterocycles. The molecule has 6 nitrogen and oxygen atoms in total. The molecule has 9 heteroatoms. The van der Waals surface area contributed by atoms with Gasteiger partial charge in [-0.25, -0.2) is 14.0 Å². The average molecular weight is 499 g/mol. The largest absolute Gasteiger partial charge is 0.497 e. The van der Waals surface area contributed by atoms with Gasteiger partial charge in [-0.15, -0.1) is 11.8 Å². The van der Waals surface area contributed by atoms with Crippen LogP contribution in [0.5, 0.6) is 11.5 Å². The van der Waals surface area contributed by atoms with Crippen molar-refractivity contribution >= 4 is 39.6 Å². The number of methoxy groups -OCH3 is 2. The number of benzene rings is 2. The van der Waals surface area contributed by atoms with E-state index in [-0.39, 0.29) is 12.2 Å². The predicted octanol–water partition coefficient (Wildman–Crippen LogP) is 4.26. The first-order valence-electron chi connectivity index (χ1n) is 9.02. The molecule has 1 fully saturated rings. The zero-order valence-electron chi connectivity index (χ0n) is 16.2. The quantitative estimate of drug-likeness (QED) is 0.417. The van der Waals surface area contributed by atoms with Crippen molar-refractivity contribution in [1.82, 2.24) is 0 Å². The second kappa shape index (κ2) is 10.2. The first-order chi connectivity index (χ1) is 14.4. The SMILES string of the molecule is COc1ccc(C(=O)OC[C@H]2S[C@H](Br)[C@@H](F)C2OC(=O)c2ccc(OC)cc2)cc1. The highest BCUT2D eigenvalue weighted by molar-refractivity contribution is 9.11. The maximum Gasteiger partial charge on any atom is 0.338 e. The Morgan fingerprint density at radius 1 is 0.933 bits per heavy atom. The van der Waals surface area contributed by atoms with Crippen LogP contribution < -0.4 is 9.47 Å². The van der Waals surface area contributed by atoms with E-state index in [1.807, 2.05) is 0 Å². The van der Waals surface area contributed by atoms with Gasteiger partial charge in [0, 0.05) is 0 Å². The van der Waals surface area contributed by atoms with Gasteiger partial charge in [0.15, 0.2) is 12.3 Å². The summed E-state index contributed by atoms with van der Waals surface area (Å²) in [6.07, 6.45) is -2.50. The standard InChI is InChI=1S/C21H20BrFO6S/c1-26-14-7-3-12(4-8-14)20(24)28-11-16-18(17(23)19(22)30-16)29-21(25)13-5-9-15(27-2)10-6-13/h3-10,16-19H,11H2,1-2H3/t16-,17+,18?,19+/m1/s1. The van der Waals surface area contributed by atoms with Gasteiger partial charge >= 0.3 is 11.9 Å². The number of ether oxygens (including phenoxy) is 4. The minimum Gasteiger partial charge on any atom is -0.497 e. The Morgan fingerprint density at radius 2 is 1.43 bits per heavy atom. The van der Waals surface area contributed by atoms with Crippen LogP contribution in [0.1, 0.15) is 20.7 Å². The molecule has 160 valence electrons. The highest BCUT2D eigenvalue weighted by Crippen LogP contribution is 2.41. The number of esters is 2. The van der Waals surface area contributed by atoms with Crippen LogP contribution in [-0.2, 0) is 9.47 Å². The smallest absolute Gasteiger partial charge is 0.338 e. The Balaban J connectivity index is 1.62. The lowest BCUT2D eigenvalue weighted by Gasteiger charge is -2.20. The van der Waals surface area contributed by atoms with Gasteiger partial charge < -0.3 is 18.9 Å². The van der Waals surface area contributed by atoms with Crippen LogP contribution in [-0.4, -0.2) is 54.4 Å². The Hall–Kier alpha value is -2.26. The molecule has 0 aliphatic carbocycles. The Labute approximate surface area is 186 Å². The predicted molar refractivity (Wildman–Crippen MR) is 114 cm³/mol. The third-order valence-corrected chi connectivity index (χ3v) is 6.94. The summed E-state index contributed by atoms with van der Waals surface area (Å²) in [4.78, 5) is 24.7. The summed E-state index contributed by atoms with van der Waals surface area (Å²) in [5.74, 6) is 0.00638. The normalized spacial score (nSPS) is 22.9. The van der Waals surface area contributed by atoms with Gasteiger partial charge in [-0.2, -0.15) is 0 Å². The Morgan fingerprint density at radius 3 is 1.93 bits per heavy atom. The van der Waals surface area contributed by atoms with Gasteiger partial charge in [0.2, 0.25) is 0 Å².